The largest absolute Gasteiger partial charge is 0.300 e. The second kappa shape index (κ2) is 5.25. The lowest BCUT2D eigenvalue weighted by Gasteiger charge is -2.36. The van der Waals surface area contributed by atoms with Crippen LogP contribution in [-0.2, 0) is 10.0 Å². The molecule has 0 aliphatic carbocycles. The predicted molar refractivity (Wildman–Crippen MR) is 77.8 cm³/mol. The Hall–Kier alpha value is -0.700. The summed E-state index contributed by atoms with van der Waals surface area (Å²) in [6, 6.07) is 1.05. The number of thiophene rings is 1. The van der Waals surface area contributed by atoms with E-state index in [1.165, 1.54) is 4.31 Å². The van der Waals surface area contributed by atoms with Crippen LogP contribution < -0.4 is 0 Å². The second-order valence-corrected chi connectivity index (χ2v) is 9.41. The van der Waals surface area contributed by atoms with Gasteiger partial charge in [-0.25, -0.2) is 8.42 Å². The monoisotopic (exact) mass is 338 g/mol. The molecule has 1 aromatic heterocycles. The van der Waals surface area contributed by atoms with Gasteiger partial charge in [-0.1, -0.05) is 25.4 Å². The van der Waals surface area contributed by atoms with Crippen LogP contribution in [0.15, 0.2) is 10.3 Å². The highest BCUT2D eigenvalue weighted by Gasteiger charge is 2.36. The minimum atomic E-state index is -3.71. The fourth-order valence-electron chi connectivity index (χ4n) is 2.29. The topological polar surface area (TPSA) is 80.5 Å². The van der Waals surface area contributed by atoms with Crippen molar-refractivity contribution in [1.29, 1.82) is 0 Å². The van der Waals surface area contributed by atoms with E-state index in [2.05, 4.69) is 0 Å². The molecule has 0 aromatic carbocycles. The van der Waals surface area contributed by atoms with E-state index in [-0.39, 0.29) is 19.6 Å². The fraction of sp³-hybridized carbons (Fsp3) is 0.636. The minimum Gasteiger partial charge on any atom is -0.258 e. The second-order valence-electron chi connectivity index (χ2n) is 5.59. The highest BCUT2D eigenvalue weighted by Crippen LogP contribution is 2.39. The van der Waals surface area contributed by atoms with E-state index in [9.17, 15) is 18.5 Å². The first-order chi connectivity index (χ1) is 9.13. The molecule has 2 rings (SSSR count). The van der Waals surface area contributed by atoms with E-state index in [1.807, 2.05) is 13.8 Å². The molecule has 0 amide bonds. The number of halogens is 1. The van der Waals surface area contributed by atoms with Gasteiger partial charge in [0.15, 0.2) is 4.34 Å². The van der Waals surface area contributed by atoms with E-state index < -0.39 is 14.9 Å². The first-order valence-corrected chi connectivity index (χ1v) is 8.71. The summed E-state index contributed by atoms with van der Waals surface area (Å²) in [5, 5.41) is 10.8. The van der Waals surface area contributed by atoms with Crippen molar-refractivity contribution in [3.8, 4) is 0 Å². The third-order valence-corrected chi connectivity index (χ3v) is 6.93. The van der Waals surface area contributed by atoms with E-state index in [4.69, 9.17) is 11.6 Å². The number of nitrogens with zero attached hydrogens (tertiary/aromatic N) is 2. The Morgan fingerprint density at radius 3 is 2.65 bits per heavy atom. The minimum absolute atomic E-state index is 0.0631. The van der Waals surface area contributed by atoms with Crippen LogP contribution in [0.1, 0.15) is 26.7 Å². The van der Waals surface area contributed by atoms with Gasteiger partial charge < -0.3 is 0 Å². The summed E-state index contributed by atoms with van der Waals surface area (Å²) in [5.74, 6) is 0. The van der Waals surface area contributed by atoms with Gasteiger partial charge in [0.2, 0.25) is 0 Å². The van der Waals surface area contributed by atoms with E-state index in [0.717, 1.165) is 30.2 Å². The molecule has 1 saturated heterocycles. The van der Waals surface area contributed by atoms with Crippen LogP contribution in [0, 0.1) is 15.5 Å². The number of hydrogen-bond donors (Lipinski definition) is 0. The van der Waals surface area contributed by atoms with Gasteiger partial charge in [-0.05, 0) is 18.3 Å². The van der Waals surface area contributed by atoms with Gasteiger partial charge in [-0.3, -0.25) is 10.1 Å². The van der Waals surface area contributed by atoms with Crippen molar-refractivity contribution in [2.75, 3.05) is 13.1 Å². The predicted octanol–water partition coefficient (Wildman–Crippen LogP) is 3.12. The molecule has 0 saturated carbocycles. The Labute approximate surface area is 126 Å². The maximum Gasteiger partial charge on any atom is 0.300 e. The highest BCUT2D eigenvalue weighted by molar-refractivity contribution is 7.91. The zero-order valence-electron chi connectivity index (χ0n) is 11.1. The summed E-state index contributed by atoms with van der Waals surface area (Å²) in [6.07, 6.45) is 1.75. The van der Waals surface area contributed by atoms with Crippen LogP contribution in [0.5, 0.6) is 0 Å². The van der Waals surface area contributed by atoms with Crippen molar-refractivity contribution in [2.24, 2.45) is 5.41 Å². The Bertz CT molecular complexity index is 639. The van der Waals surface area contributed by atoms with Gasteiger partial charge in [-0.2, -0.15) is 4.31 Å². The molecule has 1 aliphatic rings. The average molecular weight is 339 g/mol. The van der Waals surface area contributed by atoms with Crippen molar-refractivity contribution in [3.05, 3.63) is 20.5 Å². The number of hydrogen-bond acceptors (Lipinski definition) is 5. The first-order valence-electron chi connectivity index (χ1n) is 6.07. The number of sulfonamides is 1. The molecule has 9 heteroatoms. The normalized spacial score (nSPS) is 19.9. The lowest BCUT2D eigenvalue weighted by molar-refractivity contribution is -0.384. The molecule has 112 valence electrons. The standard InChI is InChI=1S/C11H15ClN2O4S2/c1-11(2)4-3-5-13(7-11)20(17,18)9-6-8(14(15)16)10(12)19-9/h6H,3-5,7H2,1-2H3. The molecular formula is C11H15ClN2O4S2. The van der Waals surface area contributed by atoms with Crippen LogP contribution in [-0.4, -0.2) is 30.7 Å². The van der Waals surface area contributed by atoms with E-state index >= 15 is 0 Å². The first kappa shape index (κ1) is 15.7. The van der Waals surface area contributed by atoms with E-state index in [0.29, 0.717) is 13.1 Å². The van der Waals surface area contributed by atoms with Crippen molar-refractivity contribution in [3.63, 3.8) is 0 Å². The summed E-state index contributed by atoms with van der Waals surface area (Å²) in [6.45, 7) is 4.88. The molecule has 0 spiro atoms. The summed E-state index contributed by atoms with van der Waals surface area (Å²) in [4.78, 5) is 10.1. The van der Waals surface area contributed by atoms with Gasteiger partial charge in [0, 0.05) is 19.2 Å². The molecular weight excluding hydrogens is 324 g/mol. The average Bonchev–Trinajstić information content (AvgIpc) is 2.70. The van der Waals surface area contributed by atoms with Gasteiger partial charge in [0.05, 0.1) is 4.92 Å². The Morgan fingerprint density at radius 1 is 1.50 bits per heavy atom. The molecule has 6 nitrogen and oxygen atoms in total. The maximum absolute atomic E-state index is 12.5. The van der Waals surface area contributed by atoms with Gasteiger partial charge in [-0.15, -0.1) is 11.3 Å². The van der Waals surface area contributed by atoms with Gasteiger partial charge in [0.1, 0.15) is 4.21 Å². The summed E-state index contributed by atoms with van der Waals surface area (Å²) >= 11 is 6.47. The Balaban J connectivity index is 2.35. The summed E-state index contributed by atoms with van der Waals surface area (Å²) < 4.78 is 26.3. The summed E-state index contributed by atoms with van der Waals surface area (Å²) in [7, 11) is -3.71. The van der Waals surface area contributed by atoms with Gasteiger partial charge in [0.25, 0.3) is 15.7 Å². The molecule has 0 bridgehead atoms. The quantitative estimate of drug-likeness (QED) is 0.626. The SMILES string of the molecule is CC1(C)CCCN(S(=O)(=O)c2cc([N+](=O)[O-])c(Cl)s2)C1. The number of nitro groups is 1. The smallest absolute Gasteiger partial charge is 0.258 e. The molecule has 0 N–H and O–H groups in total. The molecule has 20 heavy (non-hydrogen) atoms. The molecule has 1 aromatic rings. The summed E-state index contributed by atoms with van der Waals surface area (Å²) in [5.41, 5.74) is -0.440. The molecule has 0 atom stereocenters. The molecule has 1 aliphatic heterocycles. The van der Waals surface area contributed by atoms with Crippen LogP contribution >= 0.6 is 22.9 Å². The van der Waals surface area contributed by atoms with Crippen molar-refractivity contribution < 1.29 is 13.3 Å². The van der Waals surface area contributed by atoms with Crippen LogP contribution in [0.2, 0.25) is 4.34 Å². The van der Waals surface area contributed by atoms with Crippen LogP contribution in [0.3, 0.4) is 0 Å². The molecule has 0 radical (unpaired) electrons. The lowest BCUT2D eigenvalue weighted by atomic mass is 9.85. The Morgan fingerprint density at radius 2 is 2.15 bits per heavy atom. The van der Waals surface area contributed by atoms with E-state index in [1.54, 1.807) is 0 Å². The van der Waals surface area contributed by atoms with Crippen molar-refractivity contribution in [1.82, 2.24) is 4.31 Å². The van der Waals surface area contributed by atoms with Crippen LogP contribution in [0.4, 0.5) is 5.69 Å². The van der Waals surface area contributed by atoms with Gasteiger partial charge >= 0.3 is 0 Å². The highest BCUT2D eigenvalue weighted by atomic mass is 35.5. The molecule has 1 fully saturated rings. The van der Waals surface area contributed by atoms with Crippen LogP contribution in [0.25, 0.3) is 0 Å². The van der Waals surface area contributed by atoms with Crippen molar-refractivity contribution >= 4 is 38.6 Å². The number of piperidine rings is 1. The molecule has 2 heterocycles. The number of rotatable bonds is 3. The van der Waals surface area contributed by atoms with Crippen molar-refractivity contribution in [2.45, 2.75) is 30.9 Å². The lowest BCUT2D eigenvalue weighted by Crippen LogP contribution is -2.43. The zero-order valence-corrected chi connectivity index (χ0v) is 13.5. The fourth-order valence-corrected chi connectivity index (χ4v) is 5.78. The maximum atomic E-state index is 12.5. The third kappa shape index (κ3) is 2.98. The molecule has 0 unspecified atom stereocenters. The third-order valence-electron chi connectivity index (χ3n) is 3.30. The zero-order chi connectivity index (χ0) is 15.1. The Kier molecular flexibility index (Phi) is 4.12.